The molecule has 3 nitrogen and oxygen atoms in total. The summed E-state index contributed by atoms with van der Waals surface area (Å²) in [5, 5.41) is 6.89. The Morgan fingerprint density at radius 1 is 1.31 bits per heavy atom. The molecule has 1 heterocycles. The molecule has 2 N–H and O–H groups in total. The summed E-state index contributed by atoms with van der Waals surface area (Å²) in [6.07, 6.45) is 6.86. The summed E-state index contributed by atoms with van der Waals surface area (Å²) in [7, 11) is 0. The zero-order valence-electron chi connectivity index (χ0n) is 10.6. The van der Waals surface area contributed by atoms with E-state index in [9.17, 15) is 0 Å². The van der Waals surface area contributed by atoms with Crippen molar-refractivity contribution in [2.75, 3.05) is 32.8 Å². The first-order chi connectivity index (χ1) is 7.79. The summed E-state index contributed by atoms with van der Waals surface area (Å²) < 4.78 is 5.85. The average molecular weight is 226 g/mol. The minimum atomic E-state index is 0.516. The first-order valence-electron chi connectivity index (χ1n) is 6.82. The summed E-state index contributed by atoms with van der Waals surface area (Å²) in [5.74, 6) is 0. The van der Waals surface area contributed by atoms with Crippen LogP contribution in [0.15, 0.2) is 0 Å². The van der Waals surface area contributed by atoms with Crippen LogP contribution in [0.2, 0.25) is 0 Å². The maximum atomic E-state index is 5.85. The van der Waals surface area contributed by atoms with E-state index in [0.717, 1.165) is 32.7 Å². The van der Waals surface area contributed by atoms with E-state index in [4.69, 9.17) is 4.74 Å². The number of hydrogen-bond donors (Lipinski definition) is 2. The summed E-state index contributed by atoms with van der Waals surface area (Å²) in [4.78, 5) is 0. The standard InChI is InChI=1S/C13H26N2O/c1-13(5-6-13)11-15-7-2-10-16-12-3-8-14-9-4-12/h12,14-15H,2-11H2,1H3. The van der Waals surface area contributed by atoms with Crippen LogP contribution < -0.4 is 10.6 Å². The van der Waals surface area contributed by atoms with E-state index in [2.05, 4.69) is 17.6 Å². The zero-order chi connectivity index (χ0) is 11.3. The molecule has 0 aromatic carbocycles. The summed E-state index contributed by atoms with van der Waals surface area (Å²) in [5.41, 5.74) is 0.635. The van der Waals surface area contributed by atoms with Crippen molar-refractivity contribution in [3.8, 4) is 0 Å². The van der Waals surface area contributed by atoms with Gasteiger partial charge >= 0.3 is 0 Å². The third kappa shape index (κ3) is 4.40. The van der Waals surface area contributed by atoms with Gasteiger partial charge in [0.25, 0.3) is 0 Å². The second kappa shape index (κ2) is 5.99. The highest BCUT2D eigenvalue weighted by Crippen LogP contribution is 2.43. The van der Waals surface area contributed by atoms with E-state index < -0.39 is 0 Å². The average Bonchev–Trinajstić information content (AvgIpc) is 3.03. The lowest BCUT2D eigenvalue weighted by Gasteiger charge is -2.23. The number of piperidine rings is 1. The molecular weight excluding hydrogens is 200 g/mol. The molecule has 2 aliphatic rings. The van der Waals surface area contributed by atoms with Crippen LogP contribution in [0.5, 0.6) is 0 Å². The van der Waals surface area contributed by atoms with Crippen molar-refractivity contribution in [1.82, 2.24) is 10.6 Å². The lowest BCUT2D eigenvalue weighted by atomic mass is 10.1. The molecule has 0 radical (unpaired) electrons. The molecule has 1 aliphatic heterocycles. The summed E-state index contributed by atoms with van der Waals surface area (Å²) >= 11 is 0. The van der Waals surface area contributed by atoms with E-state index in [0.29, 0.717) is 11.5 Å². The summed E-state index contributed by atoms with van der Waals surface area (Å²) in [6.45, 7) is 7.85. The van der Waals surface area contributed by atoms with Crippen LogP contribution in [0.25, 0.3) is 0 Å². The molecule has 0 bridgehead atoms. The molecule has 0 aromatic heterocycles. The van der Waals surface area contributed by atoms with Gasteiger partial charge in [0.15, 0.2) is 0 Å². The van der Waals surface area contributed by atoms with Gasteiger partial charge < -0.3 is 15.4 Å². The molecule has 0 spiro atoms. The Kier molecular flexibility index (Phi) is 4.62. The van der Waals surface area contributed by atoms with Gasteiger partial charge in [0.05, 0.1) is 6.10 Å². The summed E-state index contributed by atoms with van der Waals surface area (Å²) in [6, 6.07) is 0. The molecule has 0 aromatic rings. The van der Waals surface area contributed by atoms with Gasteiger partial charge in [0, 0.05) is 13.2 Å². The van der Waals surface area contributed by atoms with Crippen molar-refractivity contribution >= 4 is 0 Å². The van der Waals surface area contributed by atoms with Crippen LogP contribution in [0.1, 0.15) is 39.0 Å². The molecule has 1 aliphatic carbocycles. The smallest absolute Gasteiger partial charge is 0.0599 e. The molecule has 3 heteroatoms. The van der Waals surface area contributed by atoms with Crippen molar-refractivity contribution in [3.63, 3.8) is 0 Å². The Balaban J connectivity index is 1.39. The molecule has 0 amide bonds. The van der Waals surface area contributed by atoms with E-state index in [1.165, 1.54) is 32.2 Å². The zero-order valence-corrected chi connectivity index (χ0v) is 10.6. The molecule has 0 unspecified atom stereocenters. The minimum Gasteiger partial charge on any atom is -0.378 e. The van der Waals surface area contributed by atoms with Crippen LogP contribution in [0.3, 0.4) is 0 Å². The van der Waals surface area contributed by atoms with Crippen molar-refractivity contribution in [2.24, 2.45) is 5.41 Å². The maximum absolute atomic E-state index is 5.85. The SMILES string of the molecule is CC1(CNCCCOC2CCNCC2)CC1. The van der Waals surface area contributed by atoms with Crippen molar-refractivity contribution in [3.05, 3.63) is 0 Å². The number of ether oxygens (including phenoxy) is 1. The van der Waals surface area contributed by atoms with E-state index in [1.54, 1.807) is 0 Å². The van der Waals surface area contributed by atoms with Crippen molar-refractivity contribution in [1.29, 1.82) is 0 Å². The van der Waals surface area contributed by atoms with Gasteiger partial charge in [-0.05, 0) is 57.2 Å². The minimum absolute atomic E-state index is 0.516. The van der Waals surface area contributed by atoms with E-state index in [-0.39, 0.29) is 0 Å². The Morgan fingerprint density at radius 2 is 2.06 bits per heavy atom. The normalized spacial score (nSPS) is 24.6. The van der Waals surface area contributed by atoms with Gasteiger partial charge in [-0.3, -0.25) is 0 Å². The second-order valence-corrected chi connectivity index (χ2v) is 5.66. The predicted molar refractivity (Wildman–Crippen MR) is 66.7 cm³/mol. The number of rotatable bonds is 7. The van der Waals surface area contributed by atoms with Gasteiger partial charge in [-0.2, -0.15) is 0 Å². The molecule has 1 saturated heterocycles. The van der Waals surface area contributed by atoms with Gasteiger partial charge in [0.1, 0.15) is 0 Å². The van der Waals surface area contributed by atoms with Crippen LogP contribution >= 0.6 is 0 Å². The van der Waals surface area contributed by atoms with Crippen LogP contribution in [0.4, 0.5) is 0 Å². The van der Waals surface area contributed by atoms with Crippen LogP contribution in [-0.2, 0) is 4.74 Å². The highest BCUT2D eigenvalue weighted by atomic mass is 16.5. The van der Waals surface area contributed by atoms with Crippen LogP contribution in [0, 0.1) is 5.41 Å². The Labute approximate surface area is 99.3 Å². The Morgan fingerprint density at radius 3 is 2.75 bits per heavy atom. The fourth-order valence-electron chi connectivity index (χ4n) is 2.19. The third-order valence-electron chi connectivity index (χ3n) is 3.79. The molecule has 0 atom stereocenters. The van der Waals surface area contributed by atoms with E-state index >= 15 is 0 Å². The quantitative estimate of drug-likeness (QED) is 0.646. The first-order valence-corrected chi connectivity index (χ1v) is 6.82. The third-order valence-corrected chi connectivity index (χ3v) is 3.79. The maximum Gasteiger partial charge on any atom is 0.0599 e. The van der Waals surface area contributed by atoms with Crippen LogP contribution in [-0.4, -0.2) is 38.9 Å². The van der Waals surface area contributed by atoms with Crippen molar-refractivity contribution < 1.29 is 4.74 Å². The monoisotopic (exact) mass is 226 g/mol. The molecule has 2 fully saturated rings. The fourth-order valence-corrected chi connectivity index (χ4v) is 2.19. The lowest BCUT2D eigenvalue weighted by Crippen LogP contribution is -2.33. The molecule has 1 saturated carbocycles. The van der Waals surface area contributed by atoms with Gasteiger partial charge in [-0.1, -0.05) is 6.92 Å². The lowest BCUT2D eigenvalue weighted by molar-refractivity contribution is 0.0317. The molecular formula is C13H26N2O. The van der Waals surface area contributed by atoms with Gasteiger partial charge in [-0.15, -0.1) is 0 Å². The largest absolute Gasteiger partial charge is 0.378 e. The van der Waals surface area contributed by atoms with Gasteiger partial charge in [0.2, 0.25) is 0 Å². The number of nitrogens with one attached hydrogen (secondary N) is 2. The molecule has 16 heavy (non-hydrogen) atoms. The Bertz CT molecular complexity index is 198. The number of hydrogen-bond acceptors (Lipinski definition) is 3. The second-order valence-electron chi connectivity index (χ2n) is 5.66. The first kappa shape index (κ1) is 12.3. The van der Waals surface area contributed by atoms with E-state index in [1.807, 2.05) is 0 Å². The highest BCUT2D eigenvalue weighted by molar-refractivity contribution is 4.90. The molecule has 2 rings (SSSR count). The molecule has 94 valence electrons. The topological polar surface area (TPSA) is 33.3 Å². The fraction of sp³-hybridized carbons (Fsp3) is 1.00. The highest BCUT2D eigenvalue weighted by Gasteiger charge is 2.36. The van der Waals surface area contributed by atoms with Gasteiger partial charge in [-0.25, -0.2) is 0 Å². The van der Waals surface area contributed by atoms with Crippen molar-refractivity contribution in [2.45, 2.75) is 45.1 Å². The predicted octanol–water partition coefficient (Wildman–Crippen LogP) is 1.53. The Hall–Kier alpha value is -0.120.